The molecule has 0 spiro atoms. The highest BCUT2D eigenvalue weighted by Gasteiger charge is 2.26. The summed E-state index contributed by atoms with van der Waals surface area (Å²) < 4.78 is 30.3. The summed E-state index contributed by atoms with van der Waals surface area (Å²) in [4.78, 5) is 38.1. The average molecular weight is 595 g/mol. The predicted molar refractivity (Wildman–Crippen MR) is 162 cm³/mol. The van der Waals surface area contributed by atoms with Crippen molar-refractivity contribution in [2.45, 2.75) is 51.1 Å². The van der Waals surface area contributed by atoms with Crippen molar-refractivity contribution in [2.75, 3.05) is 13.2 Å². The van der Waals surface area contributed by atoms with Crippen molar-refractivity contribution in [1.29, 1.82) is 0 Å². The molecule has 42 heavy (non-hydrogen) atoms. The topological polar surface area (TPSA) is 157 Å². The number of carbonyl (C=O) groups excluding carboxylic acids is 3. The molecule has 0 aromatic heterocycles. The van der Waals surface area contributed by atoms with E-state index in [0.717, 1.165) is 16.7 Å². The molecule has 3 amide bonds. The molecule has 0 saturated heterocycles. The normalized spacial score (nSPS) is 12.3. The largest absolute Gasteiger partial charge is 0.352 e. The van der Waals surface area contributed by atoms with Crippen LogP contribution in [0, 0.1) is 0 Å². The highest BCUT2D eigenvalue weighted by molar-refractivity contribution is 7.85. The first-order valence-corrected chi connectivity index (χ1v) is 15.2. The fourth-order valence-electron chi connectivity index (χ4n) is 4.14. The van der Waals surface area contributed by atoms with Crippen molar-refractivity contribution in [3.63, 3.8) is 0 Å². The van der Waals surface area contributed by atoms with Gasteiger partial charge >= 0.3 is 0 Å². The lowest BCUT2D eigenvalue weighted by atomic mass is 9.98. The molecule has 1 atom stereocenters. The Hall–Kier alpha value is -4.06. The van der Waals surface area contributed by atoms with Gasteiger partial charge in [-0.3, -0.25) is 18.6 Å². The number of hydrogen-bond acceptors (Lipinski definition) is 7. The Morgan fingerprint density at radius 1 is 0.881 bits per heavy atom. The SMILES string of the molecule is CCNC(=O)c1ccccc1-c1ccc(CNC(=O)[C@@H](COS(=O)(=O)Cc2ccccc2)NC(=O)CC(C)(C)N)cc1. The van der Waals surface area contributed by atoms with E-state index in [0.29, 0.717) is 17.7 Å². The Kier molecular flexibility index (Phi) is 11.4. The molecule has 0 unspecified atom stereocenters. The second kappa shape index (κ2) is 14.7. The summed E-state index contributed by atoms with van der Waals surface area (Å²) in [6.45, 7) is 5.24. The van der Waals surface area contributed by atoms with Gasteiger partial charge in [-0.25, -0.2) is 0 Å². The van der Waals surface area contributed by atoms with Crippen molar-refractivity contribution in [3.8, 4) is 11.1 Å². The highest BCUT2D eigenvalue weighted by Crippen LogP contribution is 2.24. The quantitative estimate of drug-likeness (QED) is 0.209. The Labute approximate surface area is 247 Å². The maximum absolute atomic E-state index is 13.1. The van der Waals surface area contributed by atoms with Crippen LogP contribution in [-0.4, -0.2) is 50.9 Å². The van der Waals surface area contributed by atoms with E-state index in [1.54, 1.807) is 56.3 Å². The first-order chi connectivity index (χ1) is 19.9. The van der Waals surface area contributed by atoms with Gasteiger partial charge in [0.15, 0.2) is 0 Å². The molecule has 3 aromatic carbocycles. The van der Waals surface area contributed by atoms with Gasteiger partial charge < -0.3 is 21.7 Å². The molecule has 3 rings (SSSR count). The van der Waals surface area contributed by atoms with Gasteiger partial charge in [0, 0.05) is 30.6 Å². The molecule has 3 aromatic rings. The second-order valence-corrected chi connectivity index (χ2v) is 12.2. The van der Waals surface area contributed by atoms with Gasteiger partial charge in [-0.05, 0) is 49.1 Å². The van der Waals surface area contributed by atoms with E-state index in [2.05, 4.69) is 16.0 Å². The first kappa shape index (κ1) is 32.5. The van der Waals surface area contributed by atoms with Crippen LogP contribution in [0.3, 0.4) is 0 Å². The van der Waals surface area contributed by atoms with Crippen LogP contribution in [-0.2, 0) is 36.2 Å². The summed E-state index contributed by atoms with van der Waals surface area (Å²) >= 11 is 0. The molecule has 0 radical (unpaired) electrons. The monoisotopic (exact) mass is 594 g/mol. The molecule has 11 heteroatoms. The van der Waals surface area contributed by atoms with Gasteiger partial charge in [0.2, 0.25) is 11.8 Å². The van der Waals surface area contributed by atoms with Gasteiger partial charge in [0.1, 0.15) is 11.8 Å². The Morgan fingerprint density at radius 3 is 2.17 bits per heavy atom. The first-order valence-electron chi connectivity index (χ1n) is 13.6. The molecule has 5 N–H and O–H groups in total. The molecule has 0 heterocycles. The summed E-state index contributed by atoms with van der Waals surface area (Å²) in [6.07, 6.45) is -0.0766. The van der Waals surface area contributed by atoms with Crippen LogP contribution in [0.1, 0.15) is 48.7 Å². The number of nitrogens with two attached hydrogens (primary N) is 1. The third-order valence-electron chi connectivity index (χ3n) is 6.11. The molecular formula is C31H38N4O6S. The van der Waals surface area contributed by atoms with E-state index in [-0.39, 0.29) is 24.6 Å². The molecule has 0 aliphatic rings. The van der Waals surface area contributed by atoms with E-state index in [9.17, 15) is 22.8 Å². The number of rotatable bonds is 14. The van der Waals surface area contributed by atoms with Gasteiger partial charge in [-0.15, -0.1) is 0 Å². The minimum absolute atomic E-state index is 0.0766. The summed E-state index contributed by atoms with van der Waals surface area (Å²) in [5.74, 6) is -1.66. The highest BCUT2D eigenvalue weighted by atomic mass is 32.2. The summed E-state index contributed by atoms with van der Waals surface area (Å²) in [5.41, 5.74) is 8.56. The molecule has 0 fully saturated rings. The van der Waals surface area contributed by atoms with Crippen LogP contribution in [0.15, 0.2) is 78.9 Å². The van der Waals surface area contributed by atoms with Gasteiger partial charge in [-0.1, -0.05) is 72.8 Å². The maximum atomic E-state index is 13.1. The molecular weight excluding hydrogens is 556 g/mol. The van der Waals surface area contributed by atoms with Crippen LogP contribution in [0.2, 0.25) is 0 Å². The van der Waals surface area contributed by atoms with Crippen LogP contribution >= 0.6 is 0 Å². The summed E-state index contributed by atoms with van der Waals surface area (Å²) in [5, 5.41) is 8.09. The lowest BCUT2D eigenvalue weighted by Gasteiger charge is -2.22. The van der Waals surface area contributed by atoms with Crippen molar-refractivity contribution >= 4 is 27.8 Å². The van der Waals surface area contributed by atoms with E-state index >= 15 is 0 Å². The minimum Gasteiger partial charge on any atom is -0.352 e. The Bertz CT molecular complexity index is 1470. The van der Waals surface area contributed by atoms with Gasteiger partial charge in [0.25, 0.3) is 16.0 Å². The number of nitrogens with one attached hydrogen (secondary N) is 3. The molecule has 0 bridgehead atoms. The number of hydrogen-bond donors (Lipinski definition) is 4. The average Bonchev–Trinajstić information content (AvgIpc) is 2.94. The Morgan fingerprint density at radius 2 is 1.52 bits per heavy atom. The third kappa shape index (κ3) is 10.4. The zero-order valence-corrected chi connectivity index (χ0v) is 24.9. The van der Waals surface area contributed by atoms with Crippen molar-refractivity contribution in [2.24, 2.45) is 5.73 Å². The van der Waals surface area contributed by atoms with Crippen LogP contribution in [0.5, 0.6) is 0 Å². The lowest BCUT2D eigenvalue weighted by molar-refractivity contribution is -0.130. The van der Waals surface area contributed by atoms with E-state index < -0.39 is 40.1 Å². The molecule has 0 saturated carbocycles. The zero-order chi connectivity index (χ0) is 30.8. The van der Waals surface area contributed by atoms with Gasteiger partial charge in [-0.2, -0.15) is 8.42 Å². The van der Waals surface area contributed by atoms with Crippen LogP contribution in [0.25, 0.3) is 11.1 Å². The van der Waals surface area contributed by atoms with Crippen molar-refractivity contribution < 1.29 is 27.0 Å². The number of amides is 3. The summed E-state index contributed by atoms with van der Waals surface area (Å²) in [6, 6.07) is 21.8. The van der Waals surface area contributed by atoms with Crippen LogP contribution < -0.4 is 21.7 Å². The molecule has 0 aliphatic heterocycles. The predicted octanol–water partition coefficient (Wildman–Crippen LogP) is 2.88. The fraction of sp³-hybridized carbons (Fsp3) is 0.323. The van der Waals surface area contributed by atoms with Crippen molar-refractivity contribution in [3.05, 3.63) is 95.6 Å². The van der Waals surface area contributed by atoms with Crippen molar-refractivity contribution in [1.82, 2.24) is 16.0 Å². The molecule has 0 aliphatic carbocycles. The van der Waals surface area contributed by atoms with Gasteiger partial charge in [0.05, 0.1) is 6.61 Å². The van der Waals surface area contributed by atoms with E-state index in [4.69, 9.17) is 9.92 Å². The standard InChI is InChI=1S/C31H38N4O6S/c1-4-33-29(37)26-13-9-8-12-25(26)24-16-14-22(15-17-24)19-34-30(38)27(35-28(36)18-31(2,3)32)20-41-42(39,40)21-23-10-6-5-7-11-23/h5-17,27H,4,18-21,32H2,1-3H3,(H,33,37)(H,34,38)(H,35,36)/t27-/m1/s1. The second-order valence-electron chi connectivity index (χ2n) is 10.6. The lowest BCUT2D eigenvalue weighted by Crippen LogP contribution is -2.51. The van der Waals surface area contributed by atoms with E-state index in [1.807, 2.05) is 43.3 Å². The van der Waals surface area contributed by atoms with E-state index in [1.165, 1.54) is 0 Å². The molecule has 224 valence electrons. The third-order valence-corrected chi connectivity index (χ3v) is 7.29. The van der Waals surface area contributed by atoms with Crippen LogP contribution in [0.4, 0.5) is 0 Å². The number of carbonyl (C=O) groups is 3. The fourth-order valence-corrected chi connectivity index (χ4v) is 5.16. The maximum Gasteiger partial charge on any atom is 0.271 e. The number of benzene rings is 3. The minimum atomic E-state index is -4.03. The zero-order valence-electron chi connectivity index (χ0n) is 24.1. The summed E-state index contributed by atoms with van der Waals surface area (Å²) in [7, 11) is -4.03. The smallest absolute Gasteiger partial charge is 0.271 e. The Balaban J connectivity index is 1.68. The molecule has 10 nitrogen and oxygen atoms in total.